The Bertz CT molecular complexity index is 875. The van der Waals surface area contributed by atoms with Gasteiger partial charge < -0.3 is 5.32 Å². The Morgan fingerprint density at radius 3 is 2.41 bits per heavy atom. The predicted molar refractivity (Wildman–Crippen MR) is 107 cm³/mol. The van der Waals surface area contributed by atoms with Gasteiger partial charge in [0.1, 0.15) is 0 Å². The van der Waals surface area contributed by atoms with Crippen molar-refractivity contribution < 1.29 is 9.59 Å². The van der Waals surface area contributed by atoms with Crippen molar-refractivity contribution in [2.75, 3.05) is 6.54 Å². The number of hydrogen-bond acceptors (Lipinski definition) is 3. The van der Waals surface area contributed by atoms with Crippen LogP contribution in [-0.4, -0.2) is 24.1 Å². The van der Waals surface area contributed by atoms with Crippen LogP contribution in [0.2, 0.25) is 5.02 Å². The molecule has 0 fully saturated rings. The summed E-state index contributed by atoms with van der Waals surface area (Å²) in [6.45, 7) is 1.71. The summed E-state index contributed by atoms with van der Waals surface area (Å²) >= 11 is 5.79. The highest BCUT2D eigenvalue weighted by atomic mass is 35.5. The molecule has 140 valence electrons. The van der Waals surface area contributed by atoms with E-state index in [-0.39, 0.29) is 18.4 Å². The zero-order valence-corrected chi connectivity index (χ0v) is 16.0. The third kappa shape index (κ3) is 5.17. The number of halogens is 1. The number of carbonyl (C=O) groups excluding carboxylic acids is 2. The van der Waals surface area contributed by atoms with Crippen molar-refractivity contribution in [1.82, 2.24) is 10.7 Å². The van der Waals surface area contributed by atoms with Crippen LogP contribution >= 0.6 is 11.6 Å². The van der Waals surface area contributed by atoms with Crippen LogP contribution in [0.1, 0.15) is 46.8 Å². The normalized spacial score (nSPS) is 13.6. The highest BCUT2D eigenvalue weighted by Crippen LogP contribution is 2.22. The van der Waals surface area contributed by atoms with E-state index in [0.717, 1.165) is 24.1 Å². The molecule has 1 aliphatic carbocycles. The van der Waals surface area contributed by atoms with Gasteiger partial charge in [0.25, 0.3) is 11.8 Å². The van der Waals surface area contributed by atoms with E-state index in [9.17, 15) is 9.59 Å². The summed E-state index contributed by atoms with van der Waals surface area (Å²) < 4.78 is 0. The maximum absolute atomic E-state index is 12.0. The number of nitrogens with one attached hydrogen (secondary N) is 2. The lowest BCUT2D eigenvalue weighted by molar-refractivity contribution is -0.120. The number of nitrogens with zero attached hydrogens (tertiary/aromatic N) is 1. The minimum Gasteiger partial charge on any atom is -0.343 e. The van der Waals surface area contributed by atoms with Crippen LogP contribution in [0.3, 0.4) is 0 Å². The molecule has 5 nitrogen and oxygen atoms in total. The fourth-order valence-corrected chi connectivity index (χ4v) is 3.20. The van der Waals surface area contributed by atoms with E-state index in [0.29, 0.717) is 10.6 Å². The molecule has 0 unspecified atom stereocenters. The Labute approximate surface area is 163 Å². The van der Waals surface area contributed by atoms with Crippen molar-refractivity contribution >= 4 is 29.1 Å². The van der Waals surface area contributed by atoms with E-state index in [4.69, 9.17) is 11.6 Å². The van der Waals surface area contributed by atoms with Gasteiger partial charge in [0.15, 0.2) is 0 Å². The van der Waals surface area contributed by atoms with Gasteiger partial charge in [-0.15, -0.1) is 0 Å². The van der Waals surface area contributed by atoms with E-state index < -0.39 is 0 Å². The Balaban J connectivity index is 1.53. The van der Waals surface area contributed by atoms with Gasteiger partial charge in [-0.05, 0) is 79.6 Å². The minimum atomic E-state index is -0.380. The molecule has 0 atom stereocenters. The summed E-state index contributed by atoms with van der Waals surface area (Å²) in [4.78, 5) is 23.9. The van der Waals surface area contributed by atoms with Crippen LogP contribution in [0, 0.1) is 0 Å². The molecule has 0 heterocycles. The van der Waals surface area contributed by atoms with Gasteiger partial charge in [-0.1, -0.05) is 23.7 Å². The number of carbonyl (C=O) groups is 2. The van der Waals surface area contributed by atoms with E-state index in [1.807, 2.05) is 13.0 Å². The molecule has 3 rings (SSSR count). The third-order valence-corrected chi connectivity index (χ3v) is 4.88. The van der Waals surface area contributed by atoms with E-state index in [1.54, 1.807) is 24.3 Å². The first kappa shape index (κ1) is 19.1. The molecule has 0 spiro atoms. The van der Waals surface area contributed by atoms with E-state index in [2.05, 4.69) is 28.0 Å². The standard InChI is InChI=1S/C21H22ClN3O2/c1-14(17-7-6-15-4-2-3-5-18(15)12-17)24-25-20(26)13-23-21(27)16-8-10-19(22)11-9-16/h6-12H,2-5,13H2,1H3,(H,23,27)(H,25,26)/b24-14+. The van der Waals surface area contributed by atoms with Gasteiger partial charge in [-0.2, -0.15) is 5.10 Å². The number of aryl methyl sites for hydroxylation is 2. The molecule has 2 N–H and O–H groups in total. The molecule has 6 heteroatoms. The number of hydrogen-bond donors (Lipinski definition) is 2. The highest BCUT2D eigenvalue weighted by Gasteiger charge is 2.11. The Hall–Kier alpha value is -2.66. The van der Waals surface area contributed by atoms with Gasteiger partial charge in [-0.25, -0.2) is 5.43 Å². The SMILES string of the molecule is C/C(=N\NC(=O)CNC(=O)c1ccc(Cl)cc1)c1ccc2c(c1)CCCC2. The van der Waals surface area contributed by atoms with Crippen LogP contribution < -0.4 is 10.7 Å². The van der Waals surface area contributed by atoms with Gasteiger partial charge in [0.2, 0.25) is 0 Å². The Morgan fingerprint density at radius 2 is 1.67 bits per heavy atom. The second kappa shape index (κ2) is 8.82. The van der Waals surface area contributed by atoms with Crippen LogP contribution in [-0.2, 0) is 17.6 Å². The molecule has 0 saturated heterocycles. The molecular weight excluding hydrogens is 362 g/mol. The first-order valence-corrected chi connectivity index (χ1v) is 9.40. The Kier molecular flexibility index (Phi) is 6.24. The van der Waals surface area contributed by atoms with E-state index in [1.165, 1.54) is 24.0 Å². The summed E-state index contributed by atoms with van der Waals surface area (Å²) in [5, 5.41) is 7.27. The molecule has 0 bridgehead atoms. The fourth-order valence-electron chi connectivity index (χ4n) is 3.07. The molecule has 0 radical (unpaired) electrons. The maximum Gasteiger partial charge on any atom is 0.259 e. The first-order valence-electron chi connectivity index (χ1n) is 9.02. The lowest BCUT2D eigenvalue weighted by Crippen LogP contribution is -2.35. The van der Waals surface area contributed by atoms with E-state index >= 15 is 0 Å². The molecule has 27 heavy (non-hydrogen) atoms. The molecule has 0 saturated carbocycles. The van der Waals surface area contributed by atoms with Crippen molar-refractivity contribution in [3.63, 3.8) is 0 Å². The number of hydrazone groups is 1. The molecule has 1 aliphatic rings. The quantitative estimate of drug-likeness (QED) is 0.612. The third-order valence-electron chi connectivity index (χ3n) is 4.63. The number of amides is 2. The zero-order valence-electron chi connectivity index (χ0n) is 15.2. The Morgan fingerprint density at radius 1 is 1.00 bits per heavy atom. The molecule has 2 aromatic carbocycles. The molecule has 2 aromatic rings. The predicted octanol–water partition coefficient (Wildman–Crippen LogP) is 3.49. The van der Waals surface area contributed by atoms with Gasteiger partial charge in [0, 0.05) is 10.6 Å². The number of fused-ring (bicyclic) bond motifs is 1. The fraction of sp³-hybridized carbons (Fsp3) is 0.286. The van der Waals surface area contributed by atoms with Crippen LogP contribution in [0.25, 0.3) is 0 Å². The average molecular weight is 384 g/mol. The lowest BCUT2D eigenvalue weighted by Gasteiger charge is -2.16. The van der Waals surface area contributed by atoms with Crippen molar-refractivity contribution in [2.24, 2.45) is 5.10 Å². The summed E-state index contributed by atoms with van der Waals surface area (Å²) in [6, 6.07) is 12.8. The molecular formula is C21H22ClN3O2. The summed E-state index contributed by atoms with van der Waals surface area (Å²) in [5.41, 5.74) is 7.45. The molecule has 0 aliphatic heterocycles. The zero-order chi connectivity index (χ0) is 19.2. The second-order valence-corrected chi connectivity index (χ2v) is 7.05. The van der Waals surface area contributed by atoms with Crippen LogP contribution in [0.15, 0.2) is 47.6 Å². The number of rotatable bonds is 5. The summed E-state index contributed by atoms with van der Waals surface area (Å²) in [5.74, 6) is -0.716. The molecule has 0 aromatic heterocycles. The largest absolute Gasteiger partial charge is 0.343 e. The first-order chi connectivity index (χ1) is 13.0. The van der Waals surface area contributed by atoms with Crippen LogP contribution in [0.4, 0.5) is 0 Å². The van der Waals surface area contributed by atoms with Crippen molar-refractivity contribution in [2.45, 2.75) is 32.6 Å². The summed E-state index contributed by atoms with van der Waals surface area (Å²) in [6.07, 6.45) is 4.70. The van der Waals surface area contributed by atoms with Crippen molar-refractivity contribution in [3.8, 4) is 0 Å². The highest BCUT2D eigenvalue weighted by molar-refractivity contribution is 6.30. The second-order valence-electron chi connectivity index (χ2n) is 6.61. The minimum absolute atomic E-state index is 0.150. The van der Waals surface area contributed by atoms with Gasteiger partial charge in [-0.3, -0.25) is 9.59 Å². The van der Waals surface area contributed by atoms with Gasteiger partial charge in [0.05, 0.1) is 12.3 Å². The maximum atomic E-state index is 12.0. The van der Waals surface area contributed by atoms with Gasteiger partial charge >= 0.3 is 0 Å². The monoisotopic (exact) mass is 383 g/mol. The summed E-state index contributed by atoms with van der Waals surface area (Å²) in [7, 11) is 0. The smallest absolute Gasteiger partial charge is 0.259 e. The van der Waals surface area contributed by atoms with Crippen molar-refractivity contribution in [1.29, 1.82) is 0 Å². The average Bonchev–Trinajstić information content (AvgIpc) is 2.70. The number of benzene rings is 2. The lowest BCUT2D eigenvalue weighted by atomic mass is 9.90. The molecule has 2 amide bonds. The topological polar surface area (TPSA) is 70.6 Å². The van der Waals surface area contributed by atoms with Crippen molar-refractivity contribution in [3.05, 3.63) is 69.7 Å². The van der Waals surface area contributed by atoms with Crippen LogP contribution in [0.5, 0.6) is 0 Å².